The van der Waals surface area contributed by atoms with Crippen LogP contribution in [0.5, 0.6) is 0 Å². The molecule has 0 radical (unpaired) electrons. The fourth-order valence-corrected chi connectivity index (χ4v) is 5.10. The molecule has 2 aromatic heterocycles. The van der Waals surface area contributed by atoms with Gasteiger partial charge in [0.2, 0.25) is 11.8 Å². The van der Waals surface area contributed by atoms with Crippen LogP contribution < -0.4 is 5.32 Å². The number of carbonyl (C=O) groups is 2. The average molecular weight is 399 g/mol. The van der Waals surface area contributed by atoms with Crippen molar-refractivity contribution in [2.45, 2.75) is 45.6 Å². The predicted octanol–water partition coefficient (Wildman–Crippen LogP) is 3.82. The summed E-state index contributed by atoms with van der Waals surface area (Å²) in [6.45, 7) is 5.03. The number of pyridine rings is 1. The lowest BCUT2D eigenvalue weighted by Gasteiger charge is -2.40. The number of likely N-dealkylation sites (tertiary alicyclic amines) is 1. The van der Waals surface area contributed by atoms with Gasteiger partial charge >= 0.3 is 0 Å². The topological polar surface area (TPSA) is 75.2 Å². The first kappa shape index (κ1) is 19.1. The van der Waals surface area contributed by atoms with Gasteiger partial charge in [0.1, 0.15) is 5.69 Å². The van der Waals surface area contributed by atoms with Crippen molar-refractivity contribution in [2.24, 2.45) is 17.8 Å². The first-order chi connectivity index (χ1) is 13.5. The van der Waals surface area contributed by atoms with Crippen molar-refractivity contribution in [3.05, 3.63) is 29.8 Å². The van der Waals surface area contributed by atoms with Crippen LogP contribution >= 0.6 is 11.3 Å². The Hall–Kier alpha value is -2.28. The van der Waals surface area contributed by atoms with E-state index in [2.05, 4.69) is 29.1 Å². The molecular formula is C21H26N4O2S. The molecule has 2 amide bonds. The Morgan fingerprint density at radius 1 is 1.25 bits per heavy atom. The van der Waals surface area contributed by atoms with Crippen molar-refractivity contribution >= 4 is 28.3 Å². The number of nitrogens with one attached hydrogen (secondary N) is 1. The lowest BCUT2D eigenvalue weighted by atomic mass is 9.77. The monoisotopic (exact) mass is 398 g/mol. The molecule has 3 heterocycles. The number of thiazole rings is 1. The van der Waals surface area contributed by atoms with Crippen molar-refractivity contribution in [1.82, 2.24) is 14.9 Å². The third-order valence-corrected chi connectivity index (χ3v) is 7.01. The van der Waals surface area contributed by atoms with E-state index < -0.39 is 0 Å². The van der Waals surface area contributed by atoms with Crippen LogP contribution in [-0.2, 0) is 9.59 Å². The minimum atomic E-state index is -0.306. The lowest BCUT2D eigenvalue weighted by Crippen LogP contribution is -2.45. The van der Waals surface area contributed by atoms with Gasteiger partial charge in [-0.2, -0.15) is 0 Å². The summed E-state index contributed by atoms with van der Waals surface area (Å²) >= 11 is 1.38. The van der Waals surface area contributed by atoms with Crippen LogP contribution in [-0.4, -0.2) is 39.3 Å². The van der Waals surface area contributed by atoms with Crippen molar-refractivity contribution in [3.63, 3.8) is 0 Å². The average Bonchev–Trinajstić information content (AvgIpc) is 3.32. The minimum absolute atomic E-state index is 0.111. The molecule has 0 aromatic carbocycles. The number of anilines is 1. The van der Waals surface area contributed by atoms with Gasteiger partial charge < -0.3 is 10.2 Å². The maximum absolute atomic E-state index is 12.7. The summed E-state index contributed by atoms with van der Waals surface area (Å²) in [5.41, 5.74) is 1.52. The van der Waals surface area contributed by atoms with Crippen molar-refractivity contribution in [3.8, 4) is 11.4 Å². The third kappa shape index (κ3) is 3.81. The highest BCUT2D eigenvalue weighted by molar-refractivity contribution is 7.14. The van der Waals surface area contributed by atoms with Gasteiger partial charge in [-0.15, -0.1) is 11.3 Å². The molecule has 1 saturated carbocycles. The Morgan fingerprint density at radius 2 is 2.11 bits per heavy atom. The van der Waals surface area contributed by atoms with Crippen LogP contribution in [0.2, 0.25) is 0 Å². The highest BCUT2D eigenvalue weighted by Crippen LogP contribution is 2.36. The Bertz CT molecular complexity index is 853. The number of hydrogen-bond acceptors (Lipinski definition) is 5. The quantitative estimate of drug-likeness (QED) is 0.850. The van der Waals surface area contributed by atoms with Crippen LogP contribution in [0.4, 0.5) is 5.13 Å². The van der Waals surface area contributed by atoms with E-state index in [9.17, 15) is 9.59 Å². The Kier molecular flexibility index (Phi) is 5.44. The summed E-state index contributed by atoms with van der Waals surface area (Å²) in [6.07, 6.45) is 5.45. The van der Waals surface area contributed by atoms with E-state index in [0.717, 1.165) is 24.2 Å². The zero-order chi connectivity index (χ0) is 19.7. The second-order valence-electron chi connectivity index (χ2n) is 8.02. The lowest BCUT2D eigenvalue weighted by molar-refractivity contribution is -0.131. The van der Waals surface area contributed by atoms with Crippen LogP contribution in [0.1, 0.15) is 39.5 Å². The van der Waals surface area contributed by atoms with Gasteiger partial charge in [0, 0.05) is 30.6 Å². The first-order valence-corrected chi connectivity index (χ1v) is 10.9. The van der Waals surface area contributed by atoms with Gasteiger partial charge in [0.05, 0.1) is 11.6 Å². The fraction of sp³-hybridized carbons (Fsp3) is 0.524. The molecule has 0 bridgehead atoms. The van der Waals surface area contributed by atoms with E-state index in [1.165, 1.54) is 17.8 Å². The molecule has 148 valence electrons. The Labute approximate surface area is 169 Å². The summed E-state index contributed by atoms with van der Waals surface area (Å²) < 4.78 is 0. The van der Waals surface area contributed by atoms with Crippen molar-refractivity contribution < 1.29 is 9.59 Å². The molecule has 4 atom stereocenters. The number of rotatable bonds is 4. The van der Waals surface area contributed by atoms with Gasteiger partial charge in [-0.25, -0.2) is 4.98 Å². The highest BCUT2D eigenvalue weighted by atomic mass is 32.1. The molecule has 4 rings (SSSR count). The van der Waals surface area contributed by atoms with E-state index in [0.29, 0.717) is 29.9 Å². The second kappa shape index (κ2) is 7.99. The second-order valence-corrected chi connectivity index (χ2v) is 8.88. The minimum Gasteiger partial charge on any atom is -0.339 e. The van der Waals surface area contributed by atoms with Gasteiger partial charge in [-0.1, -0.05) is 32.8 Å². The molecule has 2 fully saturated rings. The maximum Gasteiger partial charge on any atom is 0.231 e. The highest BCUT2D eigenvalue weighted by Gasteiger charge is 2.41. The fourth-order valence-electron chi connectivity index (χ4n) is 4.39. The zero-order valence-corrected chi connectivity index (χ0v) is 17.1. The number of aromatic nitrogens is 2. The van der Waals surface area contributed by atoms with Gasteiger partial charge in [-0.3, -0.25) is 14.6 Å². The van der Waals surface area contributed by atoms with Crippen LogP contribution in [0.25, 0.3) is 11.4 Å². The summed E-state index contributed by atoms with van der Waals surface area (Å²) in [4.78, 5) is 36.1. The van der Waals surface area contributed by atoms with E-state index in [1.54, 1.807) is 6.20 Å². The summed E-state index contributed by atoms with van der Waals surface area (Å²) in [5.74, 6) is 0.798. The molecule has 28 heavy (non-hydrogen) atoms. The summed E-state index contributed by atoms with van der Waals surface area (Å²) in [5, 5.41) is 5.34. The molecule has 7 heteroatoms. The van der Waals surface area contributed by atoms with E-state index in [4.69, 9.17) is 0 Å². The van der Waals surface area contributed by atoms with Crippen LogP contribution in [0, 0.1) is 17.8 Å². The molecule has 2 aliphatic rings. The van der Waals surface area contributed by atoms with Gasteiger partial charge in [0.25, 0.3) is 0 Å². The van der Waals surface area contributed by atoms with E-state index in [-0.39, 0.29) is 23.8 Å². The molecule has 1 N–H and O–H groups in total. The van der Waals surface area contributed by atoms with Crippen molar-refractivity contribution in [2.75, 3.05) is 11.9 Å². The SMILES string of the molecule is C[C@@H]1[C@H](C)CCC[C@@H]1N1C[C@H](C(=O)Nc2nc(-c3ccccn3)cs2)CC1=O. The Balaban J connectivity index is 1.39. The maximum atomic E-state index is 12.7. The molecule has 1 aliphatic carbocycles. The third-order valence-electron chi connectivity index (χ3n) is 6.26. The molecule has 1 saturated heterocycles. The van der Waals surface area contributed by atoms with Gasteiger partial charge in [0.15, 0.2) is 5.13 Å². The number of hydrogen-bond donors (Lipinski definition) is 1. The van der Waals surface area contributed by atoms with Gasteiger partial charge in [-0.05, 0) is 30.4 Å². The number of amides is 2. The molecule has 0 unspecified atom stereocenters. The largest absolute Gasteiger partial charge is 0.339 e. The zero-order valence-electron chi connectivity index (χ0n) is 16.3. The Morgan fingerprint density at radius 3 is 2.89 bits per heavy atom. The molecule has 1 aliphatic heterocycles. The first-order valence-electron chi connectivity index (χ1n) is 10.00. The number of carbonyl (C=O) groups excluding carboxylic acids is 2. The summed E-state index contributed by atoms with van der Waals surface area (Å²) in [6, 6.07) is 5.92. The predicted molar refractivity (Wildman–Crippen MR) is 110 cm³/mol. The normalized spacial score (nSPS) is 27.8. The molecule has 2 aromatic rings. The van der Waals surface area contributed by atoms with Crippen LogP contribution in [0.3, 0.4) is 0 Å². The smallest absolute Gasteiger partial charge is 0.231 e. The van der Waals surface area contributed by atoms with E-state index >= 15 is 0 Å². The van der Waals surface area contributed by atoms with Crippen molar-refractivity contribution in [1.29, 1.82) is 0 Å². The molecular weight excluding hydrogens is 372 g/mol. The molecule has 6 nitrogen and oxygen atoms in total. The number of nitrogens with zero attached hydrogens (tertiary/aromatic N) is 3. The standard InChI is InChI=1S/C21H26N4O2S/c1-13-6-5-8-18(14(13)2)25-11-15(10-19(25)26)20(27)24-21-23-17(12-28-21)16-7-3-4-9-22-16/h3-4,7,9,12-15,18H,5-6,8,10-11H2,1-2H3,(H,23,24,27)/t13-,14-,15-,18+/m1/s1. The van der Waals surface area contributed by atoms with E-state index in [1.807, 2.05) is 28.5 Å². The molecule has 0 spiro atoms. The van der Waals surface area contributed by atoms with Crippen LogP contribution in [0.15, 0.2) is 29.8 Å². The summed E-state index contributed by atoms with van der Waals surface area (Å²) in [7, 11) is 0.